The topological polar surface area (TPSA) is 65.7 Å². The van der Waals surface area contributed by atoms with Crippen molar-refractivity contribution in [3.63, 3.8) is 0 Å². The van der Waals surface area contributed by atoms with Gasteiger partial charge in [0, 0.05) is 38.5 Å². The molecule has 0 aliphatic heterocycles. The molecule has 0 saturated carbocycles. The minimum Gasteiger partial charge on any atom is -0.374 e. The zero-order chi connectivity index (χ0) is 13.9. The van der Waals surface area contributed by atoms with E-state index in [9.17, 15) is 0 Å². The van der Waals surface area contributed by atoms with Crippen molar-refractivity contribution in [2.75, 3.05) is 32.9 Å². The van der Waals surface area contributed by atoms with Crippen molar-refractivity contribution >= 4 is 8.80 Å². The molecule has 3 N–H and O–H groups in total. The lowest BCUT2D eigenvalue weighted by atomic mass is 10.3. The van der Waals surface area contributed by atoms with Crippen LogP contribution in [-0.4, -0.2) is 47.8 Å². The second kappa shape index (κ2) is 10.9. The van der Waals surface area contributed by atoms with Crippen LogP contribution in [0, 0.1) is 0 Å². The van der Waals surface area contributed by atoms with Crippen LogP contribution >= 0.6 is 0 Å². The maximum Gasteiger partial charge on any atom is 0.500 e. The Morgan fingerprint density at radius 2 is 1.56 bits per heavy atom. The lowest BCUT2D eigenvalue weighted by molar-refractivity contribution is 0.0708. The molecular weight excluding hydrogens is 248 g/mol. The number of rotatable bonds is 12. The van der Waals surface area contributed by atoms with Crippen LogP contribution < -0.4 is 11.1 Å². The van der Waals surface area contributed by atoms with E-state index in [0.717, 1.165) is 25.6 Å². The van der Waals surface area contributed by atoms with E-state index in [1.54, 1.807) is 0 Å². The number of hydrogen-bond acceptors (Lipinski definition) is 5. The van der Waals surface area contributed by atoms with Gasteiger partial charge in [0.25, 0.3) is 0 Å². The summed E-state index contributed by atoms with van der Waals surface area (Å²) in [5.74, 6) is 0. The van der Waals surface area contributed by atoms with Crippen molar-refractivity contribution in [3.05, 3.63) is 0 Å². The summed E-state index contributed by atoms with van der Waals surface area (Å²) in [5.41, 5.74) is 5.68. The molecule has 0 bridgehead atoms. The summed E-state index contributed by atoms with van der Waals surface area (Å²) in [6.07, 6.45) is 0.985. The molecule has 0 aliphatic rings. The highest BCUT2D eigenvalue weighted by Gasteiger charge is 2.39. The third kappa shape index (κ3) is 8.18. The summed E-state index contributed by atoms with van der Waals surface area (Å²) in [6.45, 7) is 11.6. The second-order valence-corrected chi connectivity index (χ2v) is 7.00. The first-order valence-electron chi connectivity index (χ1n) is 6.98. The van der Waals surface area contributed by atoms with Crippen LogP contribution in [0.25, 0.3) is 0 Å². The highest BCUT2D eigenvalue weighted by Crippen LogP contribution is 2.17. The lowest BCUT2D eigenvalue weighted by Crippen LogP contribution is -2.46. The maximum atomic E-state index is 5.78. The summed E-state index contributed by atoms with van der Waals surface area (Å²) in [6, 6.07) is 1.05. The Morgan fingerprint density at radius 1 is 1.06 bits per heavy atom. The van der Waals surface area contributed by atoms with E-state index in [-0.39, 0.29) is 6.04 Å². The smallest absolute Gasteiger partial charge is 0.374 e. The molecule has 110 valence electrons. The highest BCUT2D eigenvalue weighted by molar-refractivity contribution is 6.60. The van der Waals surface area contributed by atoms with Gasteiger partial charge in [0.1, 0.15) is 0 Å². The molecule has 0 aromatic carbocycles. The van der Waals surface area contributed by atoms with E-state index in [1.807, 2.05) is 27.7 Å². The average Bonchev–Trinajstić information content (AvgIpc) is 2.29. The Bertz CT molecular complexity index is 177. The van der Waals surface area contributed by atoms with E-state index in [1.165, 1.54) is 0 Å². The average molecular weight is 278 g/mol. The first kappa shape index (κ1) is 18.0. The van der Waals surface area contributed by atoms with Gasteiger partial charge in [0.15, 0.2) is 0 Å². The van der Waals surface area contributed by atoms with Crippen molar-refractivity contribution in [1.82, 2.24) is 5.32 Å². The molecule has 0 rings (SSSR count). The summed E-state index contributed by atoms with van der Waals surface area (Å²) < 4.78 is 17.3. The number of nitrogens with two attached hydrogens (primary N) is 1. The zero-order valence-electron chi connectivity index (χ0n) is 12.3. The summed E-state index contributed by atoms with van der Waals surface area (Å²) in [4.78, 5) is 0. The van der Waals surface area contributed by atoms with Crippen molar-refractivity contribution in [2.24, 2.45) is 5.73 Å². The first-order valence-corrected chi connectivity index (χ1v) is 8.91. The predicted octanol–water partition coefficient (Wildman–Crippen LogP) is 1.36. The molecule has 6 heteroatoms. The van der Waals surface area contributed by atoms with Crippen molar-refractivity contribution in [2.45, 2.75) is 46.2 Å². The number of nitrogens with one attached hydrogen (secondary N) is 1. The largest absolute Gasteiger partial charge is 0.500 e. The van der Waals surface area contributed by atoms with Crippen LogP contribution in [-0.2, 0) is 13.3 Å². The quantitative estimate of drug-likeness (QED) is 0.417. The van der Waals surface area contributed by atoms with E-state index >= 15 is 0 Å². The van der Waals surface area contributed by atoms with E-state index in [2.05, 4.69) is 5.32 Å². The Labute approximate surface area is 113 Å². The standard InChI is InChI=1S/C12H30N2O3Si/c1-5-15-18(16-6-2,17-7-3)10-8-9-14-11-12(4)13/h12,14H,5-11,13H2,1-4H3. The molecule has 0 aromatic rings. The molecule has 0 fully saturated rings. The van der Waals surface area contributed by atoms with Crippen molar-refractivity contribution in [1.29, 1.82) is 0 Å². The molecular formula is C12H30N2O3Si. The highest BCUT2D eigenvalue weighted by atomic mass is 28.4. The minimum absolute atomic E-state index is 0.192. The minimum atomic E-state index is -2.44. The molecule has 0 amide bonds. The molecule has 0 heterocycles. The SMILES string of the molecule is CCO[Si](CCCNCC(C)N)(OCC)OCC. The second-order valence-electron chi connectivity index (χ2n) is 4.27. The Kier molecular flexibility index (Phi) is 10.9. The van der Waals surface area contributed by atoms with Crippen LogP contribution in [0.2, 0.25) is 6.04 Å². The molecule has 0 aliphatic carbocycles. The van der Waals surface area contributed by atoms with Crippen LogP contribution in [0.15, 0.2) is 0 Å². The van der Waals surface area contributed by atoms with Gasteiger partial charge >= 0.3 is 8.80 Å². The van der Waals surface area contributed by atoms with Crippen molar-refractivity contribution in [3.8, 4) is 0 Å². The third-order valence-electron chi connectivity index (χ3n) is 2.40. The van der Waals surface area contributed by atoms with E-state index in [4.69, 9.17) is 19.0 Å². The zero-order valence-corrected chi connectivity index (χ0v) is 13.3. The summed E-state index contributed by atoms with van der Waals surface area (Å²) in [5, 5.41) is 3.31. The fourth-order valence-electron chi connectivity index (χ4n) is 1.76. The van der Waals surface area contributed by atoms with Gasteiger partial charge in [0.05, 0.1) is 0 Å². The van der Waals surface area contributed by atoms with Crippen LogP contribution in [0.5, 0.6) is 0 Å². The summed E-state index contributed by atoms with van der Waals surface area (Å²) in [7, 11) is -2.44. The van der Waals surface area contributed by atoms with Gasteiger partial charge in [-0.05, 0) is 40.7 Å². The Morgan fingerprint density at radius 3 is 1.94 bits per heavy atom. The molecule has 1 unspecified atom stereocenters. The van der Waals surface area contributed by atoms with Gasteiger partial charge in [0.2, 0.25) is 0 Å². The van der Waals surface area contributed by atoms with Crippen LogP contribution in [0.4, 0.5) is 0 Å². The maximum absolute atomic E-state index is 5.78. The fourth-order valence-corrected chi connectivity index (χ4v) is 4.37. The van der Waals surface area contributed by atoms with E-state index < -0.39 is 8.80 Å². The molecule has 0 aromatic heterocycles. The molecule has 1 atom stereocenters. The van der Waals surface area contributed by atoms with E-state index in [0.29, 0.717) is 19.8 Å². The molecule has 0 radical (unpaired) electrons. The fraction of sp³-hybridized carbons (Fsp3) is 1.00. The predicted molar refractivity (Wildman–Crippen MR) is 76.6 cm³/mol. The normalized spacial score (nSPS) is 13.8. The molecule has 0 saturated heterocycles. The lowest BCUT2D eigenvalue weighted by Gasteiger charge is -2.28. The third-order valence-corrected chi connectivity index (χ3v) is 5.55. The van der Waals surface area contributed by atoms with Crippen LogP contribution in [0.3, 0.4) is 0 Å². The number of hydrogen-bond donors (Lipinski definition) is 2. The van der Waals surface area contributed by atoms with Gasteiger partial charge in [-0.3, -0.25) is 0 Å². The van der Waals surface area contributed by atoms with Gasteiger partial charge in [-0.1, -0.05) is 0 Å². The van der Waals surface area contributed by atoms with Gasteiger partial charge in [-0.2, -0.15) is 0 Å². The molecule has 18 heavy (non-hydrogen) atoms. The monoisotopic (exact) mass is 278 g/mol. The van der Waals surface area contributed by atoms with Gasteiger partial charge in [-0.25, -0.2) is 0 Å². The molecule has 0 spiro atoms. The van der Waals surface area contributed by atoms with Crippen LogP contribution in [0.1, 0.15) is 34.1 Å². The van der Waals surface area contributed by atoms with Gasteiger partial charge < -0.3 is 24.3 Å². The first-order chi connectivity index (χ1) is 8.60. The van der Waals surface area contributed by atoms with Crippen molar-refractivity contribution < 1.29 is 13.3 Å². The Hall–Kier alpha value is 0.0169. The Balaban J connectivity index is 4.04. The summed E-state index contributed by atoms with van der Waals surface area (Å²) >= 11 is 0. The van der Waals surface area contributed by atoms with Gasteiger partial charge in [-0.15, -0.1) is 0 Å². The molecule has 5 nitrogen and oxygen atoms in total.